The molecule has 57 heavy (non-hydrogen) atoms. The molecule has 9 heteroatoms. The fourth-order valence-corrected chi connectivity index (χ4v) is 15.2. The molecule has 9 aliphatic rings. The van der Waals surface area contributed by atoms with E-state index in [4.69, 9.17) is 0 Å². The van der Waals surface area contributed by atoms with Crippen molar-refractivity contribution in [2.75, 3.05) is 0 Å². The van der Waals surface area contributed by atoms with E-state index in [1.807, 2.05) is 0 Å². The third-order valence-corrected chi connectivity index (χ3v) is 19.0. The maximum absolute atomic E-state index is 4.44. The molecule has 12 atom stereocenters. The molecule has 8 bridgehead atoms. The van der Waals surface area contributed by atoms with Crippen LogP contribution >= 0.6 is 0 Å². The first-order chi connectivity index (χ1) is 26.2. The SMILES string of the molecule is CC(C)(C)C1CCC2C3NC(NC4NC(NC5NC(NC6NC(N3)C3CC(C(C)(C)C)CCC63)C3CC(C(C)(C)C)CCC53)C3CC(C(C)(C)C)CCC43)C2C1.[Cu]. The van der Waals surface area contributed by atoms with Crippen LogP contribution in [0.3, 0.4) is 0 Å². The first kappa shape index (κ1) is 43.8. The van der Waals surface area contributed by atoms with E-state index in [-0.39, 0.29) is 17.1 Å². The van der Waals surface area contributed by atoms with Crippen molar-refractivity contribution in [1.29, 1.82) is 0 Å². The average molecular weight is 841 g/mol. The first-order valence-corrected chi connectivity index (χ1v) is 24.3. The van der Waals surface area contributed by atoms with E-state index >= 15 is 0 Å². The van der Waals surface area contributed by atoms with Crippen molar-refractivity contribution in [1.82, 2.24) is 42.5 Å². The molecule has 4 aliphatic carbocycles. The van der Waals surface area contributed by atoms with Gasteiger partial charge in [-0.15, -0.1) is 0 Å². The van der Waals surface area contributed by atoms with E-state index in [0.29, 0.717) is 118 Å². The summed E-state index contributed by atoms with van der Waals surface area (Å²) >= 11 is 0. The normalized spacial score (nSPS) is 50.3. The summed E-state index contributed by atoms with van der Waals surface area (Å²) in [5.74, 6) is 8.35. The van der Waals surface area contributed by atoms with Gasteiger partial charge in [0.25, 0.3) is 0 Å². The van der Waals surface area contributed by atoms with E-state index in [9.17, 15) is 0 Å². The van der Waals surface area contributed by atoms with Gasteiger partial charge in [-0.3, -0.25) is 42.5 Å². The van der Waals surface area contributed by atoms with Crippen molar-refractivity contribution < 1.29 is 17.1 Å². The number of hydrogen-bond donors (Lipinski definition) is 8. The molecule has 1 radical (unpaired) electrons. The Bertz CT molecular complexity index is 1190. The van der Waals surface area contributed by atoms with Gasteiger partial charge in [0.05, 0.1) is 49.3 Å². The maximum atomic E-state index is 4.44. The van der Waals surface area contributed by atoms with Crippen molar-refractivity contribution in [3.05, 3.63) is 0 Å². The Hall–Kier alpha value is 0.199. The fraction of sp³-hybridized carbons (Fsp3) is 1.00. The summed E-state index contributed by atoms with van der Waals surface area (Å²) in [5, 5.41) is 35.2. The molecule has 331 valence electrons. The Kier molecular flexibility index (Phi) is 12.1. The number of hydrogen-bond acceptors (Lipinski definition) is 8. The second-order valence-electron chi connectivity index (χ2n) is 26.0. The van der Waals surface area contributed by atoms with Crippen molar-refractivity contribution >= 4 is 0 Å². The second-order valence-corrected chi connectivity index (χ2v) is 26.0. The van der Waals surface area contributed by atoms with Crippen molar-refractivity contribution in [3.63, 3.8) is 0 Å². The Morgan fingerprint density at radius 3 is 0.561 bits per heavy atom. The summed E-state index contributed by atoms with van der Waals surface area (Å²) in [6.07, 6.45) is 18.8. The van der Waals surface area contributed by atoms with Crippen LogP contribution in [0.5, 0.6) is 0 Å². The van der Waals surface area contributed by atoms with Crippen LogP contribution < -0.4 is 42.5 Å². The van der Waals surface area contributed by atoms with Crippen LogP contribution in [-0.2, 0) is 17.1 Å². The summed E-state index contributed by atoms with van der Waals surface area (Å²) < 4.78 is 0. The molecule has 5 aliphatic heterocycles. The molecule has 0 aromatic carbocycles. The summed E-state index contributed by atoms with van der Waals surface area (Å²) in [4.78, 5) is 0. The van der Waals surface area contributed by atoms with Gasteiger partial charge in [0.1, 0.15) is 0 Å². The van der Waals surface area contributed by atoms with Crippen molar-refractivity contribution in [3.8, 4) is 0 Å². The topological polar surface area (TPSA) is 96.2 Å². The van der Waals surface area contributed by atoms with E-state index in [0.717, 1.165) is 23.7 Å². The third-order valence-electron chi connectivity index (χ3n) is 19.0. The molecule has 5 heterocycles. The van der Waals surface area contributed by atoms with Crippen molar-refractivity contribution in [2.45, 2.75) is 209 Å². The van der Waals surface area contributed by atoms with Gasteiger partial charge in [-0.05, 0) is 170 Å². The summed E-state index contributed by atoms with van der Waals surface area (Å²) in [6, 6.07) is 0. The Labute approximate surface area is 360 Å². The average Bonchev–Trinajstić information content (AvgIpc) is 3.84. The molecule has 8 nitrogen and oxygen atoms in total. The van der Waals surface area contributed by atoms with Crippen LogP contribution in [-0.4, -0.2) is 49.3 Å². The molecular formula is C48H88CuN8. The van der Waals surface area contributed by atoms with Gasteiger partial charge in [-0.1, -0.05) is 83.1 Å². The number of nitrogens with one attached hydrogen (secondary N) is 8. The van der Waals surface area contributed by atoms with Gasteiger partial charge < -0.3 is 0 Å². The van der Waals surface area contributed by atoms with Gasteiger partial charge >= 0.3 is 0 Å². The molecule has 8 N–H and O–H groups in total. The van der Waals surface area contributed by atoms with Crippen molar-refractivity contribution in [2.24, 2.45) is 92.7 Å². The van der Waals surface area contributed by atoms with Crippen LogP contribution in [0.25, 0.3) is 0 Å². The molecule has 4 saturated carbocycles. The Balaban J connectivity index is 0.00000455. The summed E-state index contributed by atoms with van der Waals surface area (Å²) in [6.45, 7) is 30.0. The molecule has 9 fully saturated rings. The first-order valence-electron chi connectivity index (χ1n) is 24.3. The molecule has 12 unspecified atom stereocenters. The van der Waals surface area contributed by atoms with Crippen LogP contribution in [0.15, 0.2) is 0 Å². The molecular weight excluding hydrogens is 752 g/mol. The smallest absolute Gasteiger partial charge is 0.0628 e. The fourth-order valence-electron chi connectivity index (χ4n) is 15.2. The second kappa shape index (κ2) is 15.8. The molecule has 0 spiro atoms. The standard InChI is InChI=1S/C48H88N8.Cu/c1-45(2,3)25-13-17-29-33(21-25)41-49-37(29)54-42-35-23-27(47(7,8)9)15-19-31(35)39(51-42)56-44-36-24-28(48(10,11)12)16-20-32(36)40(52-44)55-43-34-22-26(46(4,5)6)14-18-30(34)38(50-43)53-41;/h25-44,49-56H,13-24H2,1-12H3;. The van der Waals surface area contributed by atoms with Gasteiger partial charge in [0, 0.05) is 17.1 Å². The zero-order chi connectivity index (χ0) is 39.7. The summed E-state index contributed by atoms with van der Waals surface area (Å²) in [5.41, 5.74) is 1.42. The predicted molar refractivity (Wildman–Crippen MR) is 230 cm³/mol. The third kappa shape index (κ3) is 8.40. The monoisotopic (exact) mass is 840 g/mol. The zero-order valence-corrected chi connectivity index (χ0v) is 39.3. The summed E-state index contributed by atoms with van der Waals surface area (Å²) in [7, 11) is 0. The Morgan fingerprint density at radius 1 is 0.246 bits per heavy atom. The van der Waals surface area contributed by atoms with Crippen LogP contribution in [0.1, 0.15) is 160 Å². The quantitative estimate of drug-likeness (QED) is 0.118. The van der Waals surface area contributed by atoms with Crippen LogP contribution in [0.2, 0.25) is 0 Å². The van der Waals surface area contributed by atoms with Crippen LogP contribution in [0, 0.1) is 92.7 Å². The minimum Gasteiger partial charge on any atom is -0.286 e. The number of fused-ring (bicyclic) bond motifs is 20. The van der Waals surface area contributed by atoms with E-state index < -0.39 is 0 Å². The maximum Gasteiger partial charge on any atom is 0.0628 e. The van der Waals surface area contributed by atoms with Gasteiger partial charge in [-0.25, -0.2) is 0 Å². The zero-order valence-electron chi connectivity index (χ0n) is 38.3. The van der Waals surface area contributed by atoms with E-state index in [1.54, 1.807) is 0 Å². The van der Waals surface area contributed by atoms with E-state index in [1.165, 1.54) is 77.0 Å². The van der Waals surface area contributed by atoms with Gasteiger partial charge in [-0.2, -0.15) is 0 Å². The van der Waals surface area contributed by atoms with E-state index in [2.05, 4.69) is 126 Å². The molecule has 0 amide bonds. The molecule has 0 aromatic rings. The van der Waals surface area contributed by atoms with Gasteiger partial charge in [0.2, 0.25) is 0 Å². The molecule has 5 saturated heterocycles. The molecule has 0 aromatic heterocycles. The minimum atomic E-state index is 0. The molecule has 9 rings (SSSR count). The van der Waals surface area contributed by atoms with Crippen LogP contribution in [0.4, 0.5) is 0 Å². The minimum absolute atomic E-state index is 0. The number of rotatable bonds is 0. The predicted octanol–water partition coefficient (Wildman–Crippen LogP) is 7.69. The van der Waals surface area contributed by atoms with Gasteiger partial charge in [0.15, 0.2) is 0 Å². The largest absolute Gasteiger partial charge is 0.286 e. The Morgan fingerprint density at radius 2 is 0.404 bits per heavy atom.